The van der Waals surface area contributed by atoms with Crippen LogP contribution in [0.4, 0.5) is 0 Å². The molecule has 1 saturated carbocycles. The Hall–Kier alpha value is 0.250. The normalized spacial score (nSPS) is 21.3. The third-order valence-corrected chi connectivity index (χ3v) is 2.59. The molecule has 1 unspecified atom stereocenters. The fourth-order valence-corrected chi connectivity index (χ4v) is 1.41. The van der Waals surface area contributed by atoms with Crippen LogP contribution in [0.25, 0.3) is 0 Å². The highest BCUT2D eigenvalue weighted by atomic mass is 35.5. The highest BCUT2D eigenvalue weighted by Crippen LogP contribution is 2.24. The van der Waals surface area contributed by atoms with E-state index in [0.29, 0.717) is 5.38 Å². The van der Waals surface area contributed by atoms with Crippen molar-refractivity contribution in [1.29, 1.82) is 0 Å². The Labute approximate surface area is 74.5 Å². The Morgan fingerprint density at radius 2 is 2.27 bits per heavy atom. The number of hydrogen-bond acceptors (Lipinski definition) is 1. The Kier molecular flexibility index (Phi) is 4.24. The number of halogens is 1. The first-order valence-electron chi connectivity index (χ1n) is 4.64. The molecule has 1 aliphatic carbocycles. The van der Waals surface area contributed by atoms with Crippen LogP contribution >= 0.6 is 11.6 Å². The lowest BCUT2D eigenvalue weighted by molar-refractivity contribution is 0.302. The van der Waals surface area contributed by atoms with Gasteiger partial charge in [0.05, 0.1) is 0 Å². The molecule has 0 aromatic rings. The maximum Gasteiger partial charge on any atom is 0.0319 e. The van der Waals surface area contributed by atoms with Gasteiger partial charge in [-0.2, -0.15) is 0 Å². The summed E-state index contributed by atoms with van der Waals surface area (Å²) in [4.78, 5) is 0. The molecule has 0 aromatic carbocycles. The summed E-state index contributed by atoms with van der Waals surface area (Å²) in [5, 5.41) is 3.76. The van der Waals surface area contributed by atoms with Gasteiger partial charge in [0.15, 0.2) is 0 Å². The molecule has 1 aliphatic rings. The van der Waals surface area contributed by atoms with E-state index < -0.39 is 0 Å². The summed E-state index contributed by atoms with van der Waals surface area (Å²) in [5.41, 5.74) is 0. The van der Waals surface area contributed by atoms with Crippen molar-refractivity contribution in [2.45, 2.75) is 38.0 Å². The van der Waals surface area contributed by atoms with Crippen molar-refractivity contribution in [3.8, 4) is 0 Å². The number of nitrogens with one attached hydrogen (secondary N) is 1. The van der Waals surface area contributed by atoms with Gasteiger partial charge in [0.1, 0.15) is 0 Å². The quantitative estimate of drug-likeness (QED) is 0.500. The lowest BCUT2D eigenvalue weighted by Crippen LogP contribution is -2.28. The van der Waals surface area contributed by atoms with E-state index in [1.807, 2.05) is 6.92 Å². The summed E-state index contributed by atoms with van der Waals surface area (Å²) < 4.78 is 0. The minimum absolute atomic E-state index is 0.323. The van der Waals surface area contributed by atoms with Gasteiger partial charge in [-0.05, 0) is 45.2 Å². The molecule has 0 aromatic heterocycles. The van der Waals surface area contributed by atoms with Crippen LogP contribution < -0.4 is 5.32 Å². The third-order valence-electron chi connectivity index (χ3n) is 2.38. The zero-order valence-corrected chi connectivity index (χ0v) is 8.03. The Balaban J connectivity index is 1.80. The molecule has 2 heteroatoms. The maximum atomic E-state index is 5.80. The molecule has 1 fully saturated rings. The first-order valence-corrected chi connectivity index (χ1v) is 5.07. The van der Waals surface area contributed by atoms with Crippen LogP contribution in [-0.4, -0.2) is 18.5 Å². The molecule has 1 nitrogen and oxygen atoms in total. The predicted octanol–water partition coefficient (Wildman–Crippen LogP) is 2.39. The van der Waals surface area contributed by atoms with Gasteiger partial charge in [-0.1, -0.05) is 6.42 Å². The molecular weight excluding hydrogens is 158 g/mol. The second-order valence-electron chi connectivity index (χ2n) is 3.57. The third kappa shape index (κ3) is 3.97. The fraction of sp³-hybridized carbons (Fsp3) is 1.00. The number of alkyl halides is 1. The van der Waals surface area contributed by atoms with Crippen LogP contribution in [0.15, 0.2) is 0 Å². The van der Waals surface area contributed by atoms with E-state index in [1.54, 1.807) is 0 Å². The molecule has 1 N–H and O–H groups in total. The van der Waals surface area contributed by atoms with Crippen LogP contribution in [0.3, 0.4) is 0 Å². The topological polar surface area (TPSA) is 12.0 Å². The molecule has 0 aliphatic heterocycles. The van der Waals surface area contributed by atoms with Gasteiger partial charge in [-0.3, -0.25) is 0 Å². The largest absolute Gasteiger partial charge is 0.316 e. The molecular formula is C9H18ClN. The Morgan fingerprint density at radius 1 is 1.55 bits per heavy atom. The molecule has 1 rings (SSSR count). The summed E-state index contributed by atoms with van der Waals surface area (Å²) in [6, 6.07) is 0. The maximum absolute atomic E-state index is 5.80. The predicted molar refractivity (Wildman–Crippen MR) is 50.1 cm³/mol. The smallest absolute Gasteiger partial charge is 0.0319 e. The average Bonchev–Trinajstić information content (AvgIpc) is 1.82. The Morgan fingerprint density at radius 3 is 2.73 bits per heavy atom. The van der Waals surface area contributed by atoms with E-state index in [-0.39, 0.29) is 0 Å². The van der Waals surface area contributed by atoms with E-state index in [0.717, 1.165) is 18.9 Å². The summed E-state index contributed by atoms with van der Waals surface area (Å²) >= 11 is 5.80. The Bertz CT molecular complexity index is 99.7. The van der Waals surface area contributed by atoms with Gasteiger partial charge in [0.25, 0.3) is 0 Å². The van der Waals surface area contributed by atoms with E-state index in [9.17, 15) is 0 Å². The van der Waals surface area contributed by atoms with E-state index in [1.165, 1.54) is 25.8 Å². The molecule has 0 bridgehead atoms. The first kappa shape index (κ1) is 9.34. The zero-order chi connectivity index (χ0) is 8.10. The number of hydrogen-bond donors (Lipinski definition) is 1. The van der Waals surface area contributed by atoms with E-state index in [2.05, 4.69) is 5.32 Å². The summed E-state index contributed by atoms with van der Waals surface area (Å²) in [6.45, 7) is 4.34. The second kappa shape index (κ2) is 5.00. The van der Waals surface area contributed by atoms with Crippen molar-refractivity contribution in [3.63, 3.8) is 0 Å². The molecule has 11 heavy (non-hydrogen) atoms. The SMILES string of the molecule is CC(Cl)CCNCC1CCC1. The summed E-state index contributed by atoms with van der Waals surface area (Å²) in [6.07, 6.45) is 5.40. The molecule has 1 atom stereocenters. The summed E-state index contributed by atoms with van der Waals surface area (Å²) in [5.74, 6) is 0.973. The second-order valence-corrected chi connectivity index (χ2v) is 4.32. The lowest BCUT2D eigenvalue weighted by atomic mass is 9.85. The fourth-order valence-electron chi connectivity index (χ4n) is 1.30. The molecule has 66 valence electrons. The highest BCUT2D eigenvalue weighted by Gasteiger charge is 2.15. The first-order chi connectivity index (χ1) is 5.29. The van der Waals surface area contributed by atoms with Gasteiger partial charge in [0, 0.05) is 5.38 Å². The monoisotopic (exact) mass is 175 g/mol. The van der Waals surface area contributed by atoms with Crippen LogP contribution in [0.5, 0.6) is 0 Å². The van der Waals surface area contributed by atoms with Gasteiger partial charge in [-0.25, -0.2) is 0 Å². The van der Waals surface area contributed by atoms with Crippen molar-refractivity contribution in [3.05, 3.63) is 0 Å². The van der Waals surface area contributed by atoms with Crippen molar-refractivity contribution in [1.82, 2.24) is 5.32 Å². The standard InChI is InChI=1S/C9H18ClN/c1-8(10)5-6-11-7-9-3-2-4-9/h8-9,11H,2-7H2,1H3. The van der Waals surface area contributed by atoms with Gasteiger partial charge < -0.3 is 5.32 Å². The average molecular weight is 176 g/mol. The minimum atomic E-state index is 0.323. The van der Waals surface area contributed by atoms with E-state index >= 15 is 0 Å². The molecule has 0 spiro atoms. The van der Waals surface area contributed by atoms with Crippen LogP contribution in [0.1, 0.15) is 32.6 Å². The van der Waals surface area contributed by atoms with E-state index in [4.69, 9.17) is 11.6 Å². The molecule has 0 saturated heterocycles. The summed E-state index contributed by atoms with van der Waals surface area (Å²) in [7, 11) is 0. The molecule has 0 amide bonds. The van der Waals surface area contributed by atoms with Gasteiger partial charge in [0.2, 0.25) is 0 Å². The molecule has 0 heterocycles. The van der Waals surface area contributed by atoms with Crippen molar-refractivity contribution >= 4 is 11.6 Å². The van der Waals surface area contributed by atoms with Crippen LogP contribution in [0, 0.1) is 5.92 Å². The van der Waals surface area contributed by atoms with Crippen LogP contribution in [0.2, 0.25) is 0 Å². The van der Waals surface area contributed by atoms with Crippen LogP contribution in [-0.2, 0) is 0 Å². The zero-order valence-electron chi connectivity index (χ0n) is 7.28. The van der Waals surface area contributed by atoms with Crippen molar-refractivity contribution < 1.29 is 0 Å². The lowest BCUT2D eigenvalue weighted by Gasteiger charge is -2.25. The van der Waals surface area contributed by atoms with Gasteiger partial charge >= 0.3 is 0 Å². The minimum Gasteiger partial charge on any atom is -0.316 e. The van der Waals surface area contributed by atoms with Crippen molar-refractivity contribution in [2.24, 2.45) is 5.92 Å². The van der Waals surface area contributed by atoms with Crippen molar-refractivity contribution in [2.75, 3.05) is 13.1 Å². The van der Waals surface area contributed by atoms with Gasteiger partial charge in [-0.15, -0.1) is 11.6 Å². The highest BCUT2D eigenvalue weighted by molar-refractivity contribution is 6.20. The molecule has 0 radical (unpaired) electrons. The number of rotatable bonds is 5.